The van der Waals surface area contributed by atoms with Crippen LogP contribution in [0.5, 0.6) is 0 Å². The molecule has 3 aromatic rings. The highest BCUT2D eigenvalue weighted by molar-refractivity contribution is 6.31. The molecule has 0 fully saturated rings. The first kappa shape index (κ1) is 15.8. The van der Waals surface area contributed by atoms with Gasteiger partial charge in [0, 0.05) is 28.5 Å². The summed E-state index contributed by atoms with van der Waals surface area (Å²) in [6.45, 7) is 0. The van der Waals surface area contributed by atoms with Crippen LogP contribution in [0.1, 0.15) is 23.8 Å². The Morgan fingerprint density at radius 1 is 1.13 bits per heavy atom. The van der Waals surface area contributed by atoms with Gasteiger partial charge < -0.3 is 9.52 Å². The van der Waals surface area contributed by atoms with E-state index in [2.05, 4.69) is 4.98 Å². The molecule has 23 heavy (non-hydrogen) atoms. The van der Waals surface area contributed by atoms with Crippen molar-refractivity contribution < 1.29 is 14.3 Å². The van der Waals surface area contributed by atoms with E-state index in [1.54, 1.807) is 30.3 Å². The summed E-state index contributed by atoms with van der Waals surface area (Å²) in [5.74, 6) is -0.624. The summed E-state index contributed by atoms with van der Waals surface area (Å²) in [4.78, 5) is 15.6. The Morgan fingerprint density at radius 3 is 2.52 bits per heavy atom. The fraction of sp³-hybridized carbons (Fsp3) is 0.176. The van der Waals surface area contributed by atoms with Gasteiger partial charge in [-0.05, 0) is 29.8 Å². The Balaban J connectivity index is 1.89. The maximum Gasteiger partial charge on any atom is 0.303 e. The lowest BCUT2D eigenvalue weighted by Crippen LogP contribution is -2.09. The number of fused-ring (bicyclic) bond motifs is 1. The predicted octanol–water partition coefficient (Wildman–Crippen LogP) is 4.94. The molecule has 0 bridgehead atoms. The van der Waals surface area contributed by atoms with Crippen molar-refractivity contribution in [3.05, 3.63) is 64.0 Å². The lowest BCUT2D eigenvalue weighted by Gasteiger charge is -2.13. The highest BCUT2D eigenvalue weighted by atomic mass is 35.5. The fourth-order valence-corrected chi connectivity index (χ4v) is 2.79. The lowest BCUT2D eigenvalue weighted by atomic mass is 9.92. The van der Waals surface area contributed by atoms with Gasteiger partial charge in [-0.25, -0.2) is 4.98 Å². The molecular formula is C17H13Cl2NO3. The van der Waals surface area contributed by atoms with Crippen LogP contribution in [0.2, 0.25) is 10.0 Å². The van der Waals surface area contributed by atoms with Crippen molar-refractivity contribution in [2.24, 2.45) is 0 Å². The number of rotatable bonds is 5. The molecule has 1 N–H and O–H groups in total. The third kappa shape index (κ3) is 3.84. The van der Waals surface area contributed by atoms with Gasteiger partial charge in [0.25, 0.3) is 0 Å². The fourth-order valence-electron chi connectivity index (χ4n) is 2.50. The molecule has 0 aliphatic heterocycles. The van der Waals surface area contributed by atoms with Gasteiger partial charge in [0.15, 0.2) is 11.5 Å². The van der Waals surface area contributed by atoms with E-state index in [1.165, 1.54) is 0 Å². The summed E-state index contributed by atoms with van der Waals surface area (Å²) in [7, 11) is 0. The molecule has 0 aliphatic carbocycles. The minimum absolute atomic E-state index is 0.0128. The Hall–Kier alpha value is -2.04. The van der Waals surface area contributed by atoms with Gasteiger partial charge >= 0.3 is 5.97 Å². The van der Waals surface area contributed by atoms with Gasteiger partial charge in [-0.1, -0.05) is 35.3 Å². The van der Waals surface area contributed by atoms with Gasteiger partial charge in [-0.15, -0.1) is 0 Å². The van der Waals surface area contributed by atoms with E-state index in [0.29, 0.717) is 33.5 Å². The van der Waals surface area contributed by atoms with Crippen LogP contribution in [-0.4, -0.2) is 16.1 Å². The number of oxazole rings is 1. The maximum atomic E-state index is 11.2. The molecule has 3 rings (SSSR count). The first-order valence-corrected chi connectivity index (χ1v) is 7.79. The van der Waals surface area contributed by atoms with Gasteiger partial charge in [-0.2, -0.15) is 0 Å². The van der Waals surface area contributed by atoms with Gasteiger partial charge in [0.2, 0.25) is 0 Å². The molecule has 0 spiro atoms. The van der Waals surface area contributed by atoms with Crippen molar-refractivity contribution in [1.82, 2.24) is 4.98 Å². The second-order valence-electron chi connectivity index (χ2n) is 5.27. The zero-order valence-electron chi connectivity index (χ0n) is 12.0. The monoisotopic (exact) mass is 349 g/mol. The molecule has 0 saturated carbocycles. The molecule has 0 saturated heterocycles. The van der Waals surface area contributed by atoms with Crippen molar-refractivity contribution in [2.75, 3.05) is 0 Å². The predicted molar refractivity (Wildman–Crippen MR) is 89.2 cm³/mol. The molecule has 4 nitrogen and oxygen atoms in total. The number of aliphatic carboxylic acids is 1. The number of hydrogen-bond donors (Lipinski definition) is 1. The smallest absolute Gasteiger partial charge is 0.303 e. The van der Waals surface area contributed by atoms with Gasteiger partial charge in [0.05, 0.1) is 6.42 Å². The molecule has 0 amide bonds. The van der Waals surface area contributed by atoms with E-state index in [9.17, 15) is 4.79 Å². The largest absolute Gasteiger partial charge is 0.481 e. The summed E-state index contributed by atoms with van der Waals surface area (Å²) < 4.78 is 5.69. The van der Waals surface area contributed by atoms with Crippen molar-refractivity contribution in [3.63, 3.8) is 0 Å². The zero-order chi connectivity index (χ0) is 16.4. The van der Waals surface area contributed by atoms with E-state index in [0.717, 1.165) is 5.56 Å². The number of benzene rings is 2. The molecule has 118 valence electrons. The van der Waals surface area contributed by atoms with Crippen molar-refractivity contribution in [3.8, 4) is 0 Å². The summed E-state index contributed by atoms with van der Waals surface area (Å²) in [5.41, 5.74) is 2.18. The maximum absolute atomic E-state index is 11.2. The quantitative estimate of drug-likeness (QED) is 0.708. The molecule has 1 unspecified atom stereocenters. The average Bonchev–Trinajstić information content (AvgIpc) is 2.88. The number of carbonyl (C=O) groups is 1. The van der Waals surface area contributed by atoms with Crippen LogP contribution in [-0.2, 0) is 11.2 Å². The van der Waals surface area contributed by atoms with Crippen molar-refractivity contribution >= 4 is 40.3 Å². The second kappa shape index (κ2) is 6.60. The normalized spacial score (nSPS) is 12.4. The van der Waals surface area contributed by atoms with Crippen LogP contribution in [0.25, 0.3) is 11.1 Å². The molecule has 6 heteroatoms. The highest BCUT2D eigenvalue weighted by Gasteiger charge is 2.19. The van der Waals surface area contributed by atoms with Crippen LogP contribution in [0.15, 0.2) is 46.9 Å². The van der Waals surface area contributed by atoms with Crippen LogP contribution in [0, 0.1) is 0 Å². The number of carboxylic acids is 1. The van der Waals surface area contributed by atoms with E-state index in [1.807, 2.05) is 12.1 Å². The third-order valence-corrected chi connectivity index (χ3v) is 4.07. The Bertz CT molecular complexity index is 843. The van der Waals surface area contributed by atoms with Crippen LogP contribution in [0.4, 0.5) is 0 Å². The Labute approximate surface area is 142 Å². The summed E-state index contributed by atoms with van der Waals surface area (Å²) in [6.07, 6.45) is 0.376. The van der Waals surface area contributed by atoms with Crippen molar-refractivity contribution in [2.45, 2.75) is 18.8 Å². The van der Waals surface area contributed by atoms with E-state index < -0.39 is 5.97 Å². The Morgan fingerprint density at radius 2 is 1.83 bits per heavy atom. The minimum atomic E-state index is -0.871. The molecule has 1 heterocycles. The first-order valence-electron chi connectivity index (χ1n) is 7.03. The molecular weight excluding hydrogens is 337 g/mol. The number of halogens is 2. The van der Waals surface area contributed by atoms with Crippen LogP contribution in [0.3, 0.4) is 0 Å². The molecule has 2 aromatic carbocycles. The van der Waals surface area contributed by atoms with E-state index in [4.69, 9.17) is 32.7 Å². The molecule has 0 radical (unpaired) electrons. The topological polar surface area (TPSA) is 63.3 Å². The summed E-state index contributed by atoms with van der Waals surface area (Å²) in [5, 5.41) is 10.3. The van der Waals surface area contributed by atoms with E-state index >= 15 is 0 Å². The van der Waals surface area contributed by atoms with Crippen LogP contribution < -0.4 is 0 Å². The molecule has 1 aromatic heterocycles. The zero-order valence-corrected chi connectivity index (χ0v) is 13.5. The third-order valence-electron chi connectivity index (χ3n) is 3.58. The van der Waals surface area contributed by atoms with Crippen molar-refractivity contribution in [1.29, 1.82) is 0 Å². The number of carboxylic acid groups (broad SMARTS) is 1. The lowest BCUT2D eigenvalue weighted by molar-refractivity contribution is -0.137. The number of aromatic nitrogens is 1. The number of nitrogens with zero attached hydrogens (tertiary/aromatic N) is 1. The standard InChI is InChI=1S/C17H13Cl2NO3/c18-12-3-1-10(2-4-12)11(8-17(21)22)7-16-20-14-6-5-13(19)9-15(14)23-16/h1-6,9,11H,7-8H2,(H,21,22). The number of hydrogen-bond acceptors (Lipinski definition) is 3. The SMILES string of the molecule is O=C(O)CC(Cc1nc2ccc(Cl)cc2o1)c1ccc(Cl)cc1. The van der Waals surface area contributed by atoms with Crippen LogP contribution >= 0.6 is 23.2 Å². The van der Waals surface area contributed by atoms with Gasteiger partial charge in [0.1, 0.15) is 5.52 Å². The van der Waals surface area contributed by atoms with Gasteiger partial charge in [-0.3, -0.25) is 4.79 Å². The summed E-state index contributed by atoms with van der Waals surface area (Å²) in [6, 6.07) is 12.4. The minimum Gasteiger partial charge on any atom is -0.481 e. The Kier molecular flexibility index (Phi) is 4.55. The van der Waals surface area contributed by atoms with E-state index in [-0.39, 0.29) is 12.3 Å². The first-order chi connectivity index (χ1) is 11.0. The highest BCUT2D eigenvalue weighted by Crippen LogP contribution is 2.28. The molecule has 1 atom stereocenters. The average molecular weight is 350 g/mol. The molecule has 0 aliphatic rings. The summed E-state index contributed by atoms with van der Waals surface area (Å²) >= 11 is 11.8. The second-order valence-corrected chi connectivity index (χ2v) is 6.14.